The van der Waals surface area contributed by atoms with Crippen LogP contribution in [0.4, 0.5) is 0 Å². The zero-order chi connectivity index (χ0) is 15.9. The quantitative estimate of drug-likeness (QED) is 0.860. The van der Waals surface area contributed by atoms with E-state index < -0.39 is 5.69 Å². The molecule has 1 amide bonds. The first-order valence-electron chi connectivity index (χ1n) is 7.14. The van der Waals surface area contributed by atoms with E-state index in [-0.39, 0.29) is 12.5 Å². The number of carbonyl (C=O) groups is 1. The Morgan fingerprint density at radius 2 is 2.18 bits per heavy atom. The molecule has 1 aromatic heterocycles. The second-order valence-electron chi connectivity index (χ2n) is 5.60. The van der Waals surface area contributed by atoms with Gasteiger partial charge in [-0.05, 0) is 43.5 Å². The fourth-order valence-electron chi connectivity index (χ4n) is 2.44. The molecule has 0 saturated heterocycles. The van der Waals surface area contributed by atoms with Crippen molar-refractivity contribution in [2.75, 3.05) is 7.05 Å². The molecule has 7 heteroatoms. The van der Waals surface area contributed by atoms with Crippen LogP contribution in [0.25, 0.3) is 5.69 Å². The number of rotatable bonds is 4. The monoisotopic (exact) mass is 320 g/mol. The van der Waals surface area contributed by atoms with Crippen molar-refractivity contribution in [2.24, 2.45) is 0 Å². The topological polar surface area (TPSA) is 60.1 Å². The fourth-order valence-corrected chi connectivity index (χ4v) is 2.67. The van der Waals surface area contributed by atoms with Crippen LogP contribution in [0, 0.1) is 6.92 Å². The van der Waals surface area contributed by atoms with E-state index in [9.17, 15) is 9.59 Å². The van der Waals surface area contributed by atoms with Gasteiger partial charge in [0.05, 0.1) is 5.69 Å². The van der Waals surface area contributed by atoms with Crippen LogP contribution in [0.15, 0.2) is 29.3 Å². The zero-order valence-electron chi connectivity index (χ0n) is 12.5. The summed E-state index contributed by atoms with van der Waals surface area (Å²) in [6.07, 6.45) is 3.50. The van der Waals surface area contributed by atoms with Crippen molar-refractivity contribution in [1.82, 2.24) is 19.2 Å². The number of hydrogen-bond donors (Lipinski definition) is 0. The van der Waals surface area contributed by atoms with E-state index in [1.807, 2.05) is 19.1 Å². The Kier molecular flexibility index (Phi) is 3.78. The molecule has 1 saturated carbocycles. The summed E-state index contributed by atoms with van der Waals surface area (Å²) in [5.74, 6) is -0.0852. The molecule has 22 heavy (non-hydrogen) atoms. The predicted molar refractivity (Wildman–Crippen MR) is 83.4 cm³/mol. The third-order valence-corrected chi connectivity index (χ3v) is 4.17. The van der Waals surface area contributed by atoms with E-state index in [1.54, 1.807) is 22.7 Å². The van der Waals surface area contributed by atoms with Gasteiger partial charge < -0.3 is 4.90 Å². The summed E-state index contributed by atoms with van der Waals surface area (Å²) < 4.78 is 2.95. The highest BCUT2D eigenvalue weighted by Crippen LogP contribution is 2.25. The molecule has 0 aliphatic heterocycles. The maximum atomic E-state index is 12.3. The summed E-state index contributed by atoms with van der Waals surface area (Å²) in [4.78, 5) is 29.7. The summed E-state index contributed by atoms with van der Waals surface area (Å²) in [5, 5.41) is 0.625. The molecule has 1 aromatic carbocycles. The Morgan fingerprint density at radius 1 is 1.45 bits per heavy atom. The summed E-state index contributed by atoms with van der Waals surface area (Å²) in [7, 11) is 1.78. The van der Waals surface area contributed by atoms with Crippen LogP contribution < -0.4 is 5.69 Å². The van der Waals surface area contributed by atoms with Crippen LogP contribution in [-0.2, 0) is 11.3 Å². The highest BCUT2D eigenvalue weighted by molar-refractivity contribution is 6.30. The van der Waals surface area contributed by atoms with Crippen LogP contribution in [0.3, 0.4) is 0 Å². The second-order valence-corrected chi connectivity index (χ2v) is 6.03. The minimum absolute atomic E-state index is 0.0199. The van der Waals surface area contributed by atoms with E-state index in [4.69, 9.17) is 11.6 Å². The van der Waals surface area contributed by atoms with E-state index >= 15 is 0 Å². The second kappa shape index (κ2) is 5.61. The maximum Gasteiger partial charge on any atom is 0.364 e. The van der Waals surface area contributed by atoms with Gasteiger partial charge in [-0.25, -0.2) is 14.2 Å². The van der Waals surface area contributed by atoms with Gasteiger partial charge in [-0.2, -0.15) is 4.98 Å². The van der Waals surface area contributed by atoms with Crippen molar-refractivity contribution >= 4 is 17.5 Å². The highest BCUT2D eigenvalue weighted by atomic mass is 35.5. The van der Waals surface area contributed by atoms with E-state index in [2.05, 4.69) is 4.98 Å². The third-order valence-electron chi connectivity index (χ3n) is 3.94. The Hall–Kier alpha value is -2.08. The normalized spacial score (nSPS) is 14.1. The van der Waals surface area contributed by atoms with Crippen LogP contribution in [0.1, 0.15) is 18.4 Å². The average Bonchev–Trinajstić information content (AvgIpc) is 3.26. The Labute approximate surface area is 132 Å². The Bertz CT molecular complexity index is 776. The minimum atomic E-state index is -0.438. The molecule has 0 spiro atoms. The SMILES string of the molecule is Cc1cc(Cl)ccc1-n1cnc(=O)n1CC(=O)N(C)C1CC1. The van der Waals surface area contributed by atoms with Crippen molar-refractivity contribution < 1.29 is 4.79 Å². The molecule has 1 aliphatic rings. The molecule has 2 aromatic rings. The van der Waals surface area contributed by atoms with Crippen LogP contribution in [0.5, 0.6) is 0 Å². The third kappa shape index (κ3) is 2.78. The van der Waals surface area contributed by atoms with Crippen molar-refractivity contribution in [3.05, 3.63) is 45.6 Å². The van der Waals surface area contributed by atoms with Gasteiger partial charge in [0.1, 0.15) is 12.9 Å². The predicted octanol–water partition coefficient (Wildman–Crippen LogP) is 1.62. The number of aromatic nitrogens is 3. The van der Waals surface area contributed by atoms with Crippen LogP contribution in [-0.4, -0.2) is 38.2 Å². The number of amides is 1. The molecule has 0 radical (unpaired) electrons. The summed E-state index contributed by atoms with van der Waals surface area (Å²) >= 11 is 5.96. The van der Waals surface area contributed by atoms with Gasteiger partial charge in [0.25, 0.3) is 0 Å². The summed E-state index contributed by atoms with van der Waals surface area (Å²) in [6, 6.07) is 5.68. The number of nitrogens with zero attached hydrogens (tertiary/aromatic N) is 4. The largest absolute Gasteiger partial charge is 0.364 e. The van der Waals surface area contributed by atoms with Gasteiger partial charge in [0.15, 0.2) is 0 Å². The van der Waals surface area contributed by atoms with Crippen LogP contribution in [0.2, 0.25) is 5.02 Å². The number of benzene rings is 1. The maximum absolute atomic E-state index is 12.3. The van der Waals surface area contributed by atoms with Gasteiger partial charge in [-0.3, -0.25) is 4.79 Å². The molecule has 6 nitrogen and oxygen atoms in total. The first-order chi connectivity index (χ1) is 10.5. The molecule has 0 bridgehead atoms. The molecule has 0 atom stereocenters. The lowest BCUT2D eigenvalue weighted by atomic mass is 10.2. The van der Waals surface area contributed by atoms with Crippen molar-refractivity contribution in [1.29, 1.82) is 0 Å². The number of likely N-dealkylation sites (N-methyl/N-ethyl adjacent to an activating group) is 1. The standard InChI is InChI=1S/C15H17ClN4O2/c1-10-7-11(16)3-6-13(10)20-9-17-15(22)19(20)8-14(21)18(2)12-4-5-12/h3,6-7,9,12H,4-5,8H2,1-2H3. The van der Waals surface area contributed by atoms with E-state index in [1.165, 1.54) is 11.0 Å². The molecular weight excluding hydrogens is 304 g/mol. The van der Waals surface area contributed by atoms with Gasteiger partial charge in [-0.1, -0.05) is 11.6 Å². The lowest BCUT2D eigenvalue weighted by molar-refractivity contribution is -0.131. The van der Waals surface area contributed by atoms with Gasteiger partial charge in [0, 0.05) is 18.1 Å². The van der Waals surface area contributed by atoms with Gasteiger partial charge in [-0.15, -0.1) is 0 Å². The summed E-state index contributed by atoms with van der Waals surface area (Å²) in [6.45, 7) is 1.88. The minimum Gasteiger partial charge on any atom is -0.341 e. The van der Waals surface area contributed by atoms with E-state index in [0.717, 1.165) is 24.1 Å². The fraction of sp³-hybridized carbons (Fsp3) is 0.400. The lowest BCUT2D eigenvalue weighted by Crippen LogP contribution is -2.36. The molecular formula is C15H17ClN4O2. The highest BCUT2D eigenvalue weighted by Gasteiger charge is 2.30. The molecule has 1 heterocycles. The van der Waals surface area contributed by atoms with Crippen molar-refractivity contribution in [2.45, 2.75) is 32.4 Å². The zero-order valence-corrected chi connectivity index (χ0v) is 13.2. The molecule has 0 N–H and O–H groups in total. The van der Waals surface area contributed by atoms with E-state index in [0.29, 0.717) is 11.1 Å². The van der Waals surface area contributed by atoms with Gasteiger partial charge in [0.2, 0.25) is 5.91 Å². The van der Waals surface area contributed by atoms with Crippen molar-refractivity contribution in [3.8, 4) is 5.69 Å². The Morgan fingerprint density at radius 3 is 2.82 bits per heavy atom. The average molecular weight is 321 g/mol. The Balaban J connectivity index is 1.93. The van der Waals surface area contributed by atoms with Crippen molar-refractivity contribution in [3.63, 3.8) is 0 Å². The molecule has 1 aliphatic carbocycles. The smallest absolute Gasteiger partial charge is 0.341 e. The lowest BCUT2D eigenvalue weighted by Gasteiger charge is -2.18. The molecule has 1 fully saturated rings. The first kappa shape index (κ1) is 14.8. The number of aryl methyl sites for hydroxylation is 1. The molecule has 116 valence electrons. The van der Waals surface area contributed by atoms with Crippen LogP contribution >= 0.6 is 11.6 Å². The number of halogens is 1. The number of carbonyl (C=O) groups excluding carboxylic acids is 1. The molecule has 3 rings (SSSR count). The first-order valence-corrected chi connectivity index (χ1v) is 7.52. The molecule has 0 unspecified atom stereocenters. The summed E-state index contributed by atoms with van der Waals surface area (Å²) in [5.41, 5.74) is 1.24. The number of hydrogen-bond acceptors (Lipinski definition) is 3. The van der Waals surface area contributed by atoms with Gasteiger partial charge >= 0.3 is 5.69 Å².